The lowest BCUT2D eigenvalue weighted by molar-refractivity contribution is 0.0691. The SMILES string of the molecule is CC1CCN(C(=O)c2cc(Nc3ccc(F)c(F)c3)ccn2)CC1. The van der Waals surface area contributed by atoms with E-state index in [0.29, 0.717) is 23.0 Å². The Hall–Kier alpha value is -2.50. The number of carbonyl (C=O) groups is 1. The van der Waals surface area contributed by atoms with Crippen molar-refractivity contribution in [2.24, 2.45) is 5.92 Å². The molecule has 1 amide bonds. The van der Waals surface area contributed by atoms with Gasteiger partial charge in [-0.25, -0.2) is 8.78 Å². The number of carbonyl (C=O) groups excluding carboxylic acids is 1. The highest BCUT2D eigenvalue weighted by Crippen LogP contribution is 2.21. The summed E-state index contributed by atoms with van der Waals surface area (Å²) in [5.74, 6) is -1.28. The molecule has 0 atom stereocenters. The summed E-state index contributed by atoms with van der Waals surface area (Å²) in [5.41, 5.74) is 1.35. The molecule has 6 heteroatoms. The maximum atomic E-state index is 13.3. The smallest absolute Gasteiger partial charge is 0.272 e. The maximum absolute atomic E-state index is 13.3. The number of pyridine rings is 1. The van der Waals surface area contributed by atoms with Crippen LogP contribution in [0.5, 0.6) is 0 Å². The molecule has 1 aromatic carbocycles. The van der Waals surface area contributed by atoms with Crippen molar-refractivity contribution in [2.45, 2.75) is 19.8 Å². The minimum Gasteiger partial charge on any atom is -0.355 e. The molecular weight excluding hydrogens is 312 g/mol. The fourth-order valence-corrected chi connectivity index (χ4v) is 2.74. The lowest BCUT2D eigenvalue weighted by Crippen LogP contribution is -2.38. The highest BCUT2D eigenvalue weighted by Gasteiger charge is 2.22. The molecule has 0 bridgehead atoms. The molecule has 2 aromatic rings. The number of halogens is 2. The fourth-order valence-electron chi connectivity index (χ4n) is 2.74. The van der Waals surface area contributed by atoms with Crippen LogP contribution in [0, 0.1) is 17.6 Å². The first-order chi connectivity index (χ1) is 11.5. The quantitative estimate of drug-likeness (QED) is 0.925. The molecule has 1 saturated heterocycles. The second-order valence-electron chi connectivity index (χ2n) is 6.16. The predicted octanol–water partition coefficient (Wildman–Crippen LogP) is 3.98. The summed E-state index contributed by atoms with van der Waals surface area (Å²) >= 11 is 0. The van der Waals surface area contributed by atoms with Gasteiger partial charge in [-0.3, -0.25) is 9.78 Å². The van der Waals surface area contributed by atoms with E-state index >= 15 is 0 Å². The minimum atomic E-state index is -0.923. The molecule has 0 aliphatic carbocycles. The van der Waals surface area contributed by atoms with E-state index in [0.717, 1.165) is 38.1 Å². The Morgan fingerprint density at radius 3 is 2.54 bits per heavy atom. The third kappa shape index (κ3) is 3.69. The van der Waals surface area contributed by atoms with Crippen molar-refractivity contribution in [3.63, 3.8) is 0 Å². The molecule has 126 valence electrons. The van der Waals surface area contributed by atoms with Crippen LogP contribution in [0.3, 0.4) is 0 Å². The lowest BCUT2D eigenvalue weighted by Gasteiger charge is -2.30. The zero-order valence-corrected chi connectivity index (χ0v) is 13.4. The Kier molecular flexibility index (Phi) is 4.74. The number of piperidine rings is 1. The highest BCUT2D eigenvalue weighted by atomic mass is 19.2. The van der Waals surface area contributed by atoms with Crippen LogP contribution in [0.25, 0.3) is 0 Å². The Labute approximate surface area is 139 Å². The van der Waals surface area contributed by atoms with Crippen molar-refractivity contribution in [3.8, 4) is 0 Å². The topological polar surface area (TPSA) is 45.2 Å². The van der Waals surface area contributed by atoms with Crippen LogP contribution >= 0.6 is 0 Å². The van der Waals surface area contributed by atoms with Crippen molar-refractivity contribution in [3.05, 3.63) is 53.9 Å². The molecule has 1 aromatic heterocycles. The number of amides is 1. The first-order valence-electron chi connectivity index (χ1n) is 8.00. The number of nitrogens with one attached hydrogen (secondary N) is 1. The molecule has 1 fully saturated rings. The van der Waals surface area contributed by atoms with Crippen molar-refractivity contribution in [2.75, 3.05) is 18.4 Å². The normalized spacial score (nSPS) is 15.4. The van der Waals surface area contributed by atoms with Gasteiger partial charge >= 0.3 is 0 Å². The van der Waals surface area contributed by atoms with Crippen molar-refractivity contribution in [1.29, 1.82) is 0 Å². The van der Waals surface area contributed by atoms with Gasteiger partial charge in [0.05, 0.1) is 0 Å². The van der Waals surface area contributed by atoms with Crippen LogP contribution in [-0.4, -0.2) is 28.9 Å². The Bertz CT molecular complexity index is 743. The van der Waals surface area contributed by atoms with Gasteiger partial charge in [-0.2, -0.15) is 0 Å². The van der Waals surface area contributed by atoms with Gasteiger partial charge in [0.25, 0.3) is 5.91 Å². The zero-order valence-electron chi connectivity index (χ0n) is 13.4. The van der Waals surface area contributed by atoms with Crippen LogP contribution < -0.4 is 5.32 Å². The Balaban J connectivity index is 1.73. The Morgan fingerprint density at radius 2 is 1.83 bits per heavy atom. The molecule has 0 radical (unpaired) electrons. The molecule has 1 aliphatic heterocycles. The average molecular weight is 331 g/mol. The van der Waals surface area contributed by atoms with Crippen LogP contribution in [0.15, 0.2) is 36.5 Å². The summed E-state index contributed by atoms with van der Waals surface area (Å²) in [6.07, 6.45) is 3.53. The van der Waals surface area contributed by atoms with E-state index in [1.165, 1.54) is 12.3 Å². The van der Waals surface area contributed by atoms with Gasteiger partial charge in [-0.1, -0.05) is 6.92 Å². The molecule has 0 unspecified atom stereocenters. The number of nitrogens with zero attached hydrogens (tertiary/aromatic N) is 2. The molecule has 1 N–H and O–H groups in total. The molecule has 0 spiro atoms. The Morgan fingerprint density at radius 1 is 1.12 bits per heavy atom. The highest BCUT2D eigenvalue weighted by molar-refractivity contribution is 5.93. The van der Waals surface area contributed by atoms with Gasteiger partial charge in [0.1, 0.15) is 5.69 Å². The van der Waals surface area contributed by atoms with Gasteiger partial charge in [0.15, 0.2) is 11.6 Å². The molecule has 1 aliphatic rings. The average Bonchev–Trinajstić information content (AvgIpc) is 2.58. The third-order valence-corrected chi connectivity index (χ3v) is 4.26. The second kappa shape index (κ2) is 6.95. The molecule has 24 heavy (non-hydrogen) atoms. The van der Waals surface area contributed by atoms with E-state index in [-0.39, 0.29) is 5.91 Å². The molecule has 0 saturated carbocycles. The third-order valence-electron chi connectivity index (χ3n) is 4.26. The molecule has 3 rings (SSSR count). The van der Waals surface area contributed by atoms with Gasteiger partial charge in [-0.15, -0.1) is 0 Å². The number of likely N-dealkylation sites (tertiary alicyclic amines) is 1. The van der Waals surface area contributed by atoms with Crippen LogP contribution in [-0.2, 0) is 0 Å². The summed E-state index contributed by atoms with van der Waals surface area (Å²) in [7, 11) is 0. The van der Waals surface area contributed by atoms with Gasteiger partial charge in [0.2, 0.25) is 0 Å². The standard InChI is InChI=1S/C18H19F2N3O/c1-12-5-8-23(9-6-12)18(24)17-11-14(4-7-21-17)22-13-2-3-15(19)16(20)10-13/h2-4,7,10-12H,5-6,8-9H2,1H3,(H,21,22). The van der Waals surface area contributed by atoms with Gasteiger partial charge in [0, 0.05) is 36.7 Å². The summed E-state index contributed by atoms with van der Waals surface area (Å²) < 4.78 is 26.3. The van der Waals surface area contributed by atoms with E-state index in [4.69, 9.17) is 0 Å². The monoisotopic (exact) mass is 331 g/mol. The molecule has 4 nitrogen and oxygen atoms in total. The van der Waals surface area contributed by atoms with Crippen LogP contribution in [0.4, 0.5) is 20.2 Å². The zero-order chi connectivity index (χ0) is 17.1. The predicted molar refractivity (Wildman–Crippen MR) is 88.2 cm³/mol. The van der Waals surface area contributed by atoms with E-state index in [1.54, 1.807) is 12.1 Å². The number of benzene rings is 1. The van der Waals surface area contributed by atoms with Gasteiger partial charge in [-0.05, 0) is 43.0 Å². The van der Waals surface area contributed by atoms with E-state index in [1.807, 2.05) is 4.90 Å². The van der Waals surface area contributed by atoms with E-state index in [9.17, 15) is 13.6 Å². The van der Waals surface area contributed by atoms with E-state index < -0.39 is 11.6 Å². The minimum absolute atomic E-state index is 0.101. The van der Waals surface area contributed by atoms with Crippen molar-refractivity contribution in [1.82, 2.24) is 9.88 Å². The lowest BCUT2D eigenvalue weighted by atomic mass is 9.99. The van der Waals surface area contributed by atoms with Crippen LogP contribution in [0.1, 0.15) is 30.3 Å². The summed E-state index contributed by atoms with van der Waals surface area (Å²) in [5, 5.41) is 2.96. The molecule has 2 heterocycles. The number of anilines is 2. The summed E-state index contributed by atoms with van der Waals surface area (Å²) in [4.78, 5) is 18.5. The summed E-state index contributed by atoms with van der Waals surface area (Å²) in [6.45, 7) is 3.66. The van der Waals surface area contributed by atoms with Crippen molar-refractivity contribution >= 4 is 17.3 Å². The maximum Gasteiger partial charge on any atom is 0.272 e. The van der Waals surface area contributed by atoms with Crippen molar-refractivity contribution < 1.29 is 13.6 Å². The second-order valence-corrected chi connectivity index (χ2v) is 6.16. The number of hydrogen-bond acceptors (Lipinski definition) is 3. The first-order valence-corrected chi connectivity index (χ1v) is 8.00. The fraction of sp³-hybridized carbons (Fsp3) is 0.333. The van der Waals surface area contributed by atoms with E-state index in [2.05, 4.69) is 17.2 Å². The van der Waals surface area contributed by atoms with Gasteiger partial charge < -0.3 is 10.2 Å². The number of rotatable bonds is 3. The number of hydrogen-bond donors (Lipinski definition) is 1. The number of aromatic nitrogens is 1. The first kappa shape index (κ1) is 16.4. The van der Waals surface area contributed by atoms with Crippen LogP contribution in [0.2, 0.25) is 0 Å². The largest absolute Gasteiger partial charge is 0.355 e. The summed E-state index contributed by atoms with van der Waals surface area (Å²) in [6, 6.07) is 6.87. The molecular formula is C18H19F2N3O.